The van der Waals surface area contributed by atoms with Crippen LogP contribution in [0.4, 0.5) is 0 Å². The molecule has 9 aromatic heterocycles. The molecule has 0 aliphatic heterocycles. The Balaban J connectivity index is 0.000000228. The minimum Gasteiger partial charge on any atom is -0.477 e. The highest BCUT2D eigenvalue weighted by atomic mass is 79.9. The highest BCUT2D eigenvalue weighted by Crippen LogP contribution is 2.27. The maximum atomic E-state index is 11.3. The van der Waals surface area contributed by atoms with Crippen LogP contribution >= 0.6 is 78.3 Å². The maximum Gasteiger partial charge on any atom is 0.259 e. The number of aromatic amines is 1. The molecule has 0 aliphatic rings. The van der Waals surface area contributed by atoms with E-state index in [0.29, 0.717) is 135 Å². The van der Waals surface area contributed by atoms with Crippen molar-refractivity contribution >= 4 is 118 Å². The van der Waals surface area contributed by atoms with E-state index in [1.807, 2.05) is 86.7 Å². The van der Waals surface area contributed by atoms with Gasteiger partial charge in [-0.1, -0.05) is 129 Å². The Morgan fingerprint density at radius 3 is 1.17 bits per heavy atom. The minimum atomic E-state index is -1.13. The first-order chi connectivity index (χ1) is 58.2. The number of hydrogen-bond donors (Lipinski definition) is 2. The van der Waals surface area contributed by atoms with Gasteiger partial charge in [-0.15, -0.1) is 11.6 Å². The van der Waals surface area contributed by atoms with Crippen molar-refractivity contribution in [1.82, 2.24) is 44.9 Å². The van der Waals surface area contributed by atoms with Crippen LogP contribution in [0.3, 0.4) is 0 Å². The third kappa shape index (κ3) is 33.5. The lowest BCUT2D eigenvalue weighted by molar-refractivity contribution is 0.111. The summed E-state index contributed by atoms with van der Waals surface area (Å²) in [6.45, 7) is 16.7. The summed E-state index contributed by atoms with van der Waals surface area (Å²) < 4.78 is 35.9. The number of rotatable bonds is 26. The number of carbonyl (C=O) groups excluding carboxylic acids is 5. The number of nitriles is 4. The predicted octanol–water partition coefficient (Wildman–Crippen LogP) is 18.8. The van der Waals surface area contributed by atoms with Crippen LogP contribution in [0.25, 0.3) is 0 Å². The Bertz CT molecular complexity index is 5620. The molecule has 12 aromatic rings. The average molecular weight is 1850 g/mol. The minimum absolute atomic E-state index is 0.0874. The lowest BCUT2D eigenvalue weighted by Crippen LogP contribution is -2.22. The molecule has 26 nitrogen and oxygen atoms in total. The third-order valence-corrected chi connectivity index (χ3v) is 20.8. The second-order valence-electron chi connectivity index (χ2n) is 26.4. The number of halogens is 6. The molecule has 0 fully saturated rings. The molecule has 0 unspecified atom stereocenters. The Morgan fingerprint density at radius 2 is 0.785 bits per heavy atom. The number of hydrogen-bond acceptors (Lipinski definition) is 25. The van der Waals surface area contributed by atoms with Crippen molar-refractivity contribution < 1.29 is 57.5 Å². The van der Waals surface area contributed by atoms with Crippen LogP contribution in [-0.4, -0.2) is 96.1 Å². The highest BCUT2D eigenvalue weighted by molar-refractivity contribution is 9.10. The van der Waals surface area contributed by atoms with Crippen molar-refractivity contribution in [3.8, 4) is 59.6 Å². The SMILES string of the molecule is C[Si](C)(C)CCOc1nc(Cl)ccc1C=O.Cc1c(Br)cccc1CO.Cc1c(Br)cccc1COc1ccc(C=O)c(OCc2cncc(C#N)c2)n1.Cc1cccc(COc2ccc(C=O)c(OCc3cncc(C#N)c3)n2)c1C.N#Cc1cncc(CCl)c1.N#Cc1cncc(COc2nc(Cl)ccc2C=O)c1.O=Cc1ccc(Cl)[nH]c1=O. The molecule has 0 atom stereocenters. The van der Waals surface area contributed by atoms with Crippen LogP contribution in [0.2, 0.25) is 41.1 Å². The van der Waals surface area contributed by atoms with E-state index in [1.54, 1.807) is 85.5 Å². The van der Waals surface area contributed by atoms with Gasteiger partial charge in [-0.2, -0.15) is 31.0 Å². The number of aromatic nitrogens is 9. The number of nitrogens with zero attached hydrogens (tertiary/aromatic N) is 12. The predicted molar refractivity (Wildman–Crippen MR) is 466 cm³/mol. The summed E-state index contributed by atoms with van der Waals surface area (Å²) in [7, 11) is -1.13. The van der Waals surface area contributed by atoms with Crippen molar-refractivity contribution in [1.29, 1.82) is 21.0 Å². The first-order valence-electron chi connectivity index (χ1n) is 36.0. The quantitative estimate of drug-likeness (QED) is 0.0220. The van der Waals surface area contributed by atoms with Crippen molar-refractivity contribution in [2.24, 2.45) is 0 Å². The summed E-state index contributed by atoms with van der Waals surface area (Å²) in [6.07, 6.45) is 15.5. The molecule has 3 aromatic carbocycles. The number of pyridine rings is 9. The summed E-state index contributed by atoms with van der Waals surface area (Å²) in [5.41, 5.74) is 13.5. The van der Waals surface area contributed by atoms with Crippen LogP contribution in [0.1, 0.15) is 135 Å². The molecule has 0 radical (unpaired) electrons. The van der Waals surface area contributed by atoms with Crippen LogP contribution in [0.15, 0.2) is 203 Å². The molecule has 2 N–H and O–H groups in total. The summed E-state index contributed by atoms with van der Waals surface area (Å²) in [6, 6.07) is 49.0. The second-order valence-corrected chi connectivity index (χ2v) is 35.2. The number of H-pyrrole nitrogens is 1. The number of carbonyl (C=O) groups is 5. The van der Waals surface area contributed by atoms with Crippen molar-refractivity contribution in [2.75, 3.05) is 6.61 Å². The van der Waals surface area contributed by atoms with Gasteiger partial charge in [0.15, 0.2) is 31.4 Å². The number of aliphatic hydroxyl groups is 1. The van der Waals surface area contributed by atoms with Crippen molar-refractivity contribution in [2.45, 2.75) is 98.9 Å². The summed E-state index contributed by atoms with van der Waals surface area (Å²) in [5.74, 6) is 1.96. The van der Waals surface area contributed by atoms with Gasteiger partial charge in [-0.3, -0.25) is 48.7 Å². The van der Waals surface area contributed by atoms with E-state index in [0.717, 1.165) is 54.7 Å². The fourth-order valence-corrected chi connectivity index (χ4v) is 11.7. The normalized spacial score (nSPS) is 10.0. The van der Waals surface area contributed by atoms with Crippen molar-refractivity contribution in [3.05, 3.63) is 335 Å². The van der Waals surface area contributed by atoms with E-state index in [2.05, 4.69) is 116 Å². The van der Waals surface area contributed by atoms with Crippen LogP contribution in [-0.2, 0) is 45.5 Å². The van der Waals surface area contributed by atoms with Crippen LogP contribution in [0, 0.1) is 73.0 Å². The van der Waals surface area contributed by atoms with Crippen LogP contribution in [0.5, 0.6) is 35.3 Å². The Hall–Kier alpha value is -12.8. The Morgan fingerprint density at radius 1 is 0.430 bits per heavy atom. The molecule has 33 heteroatoms. The maximum absolute atomic E-state index is 11.3. The number of alkyl halides is 1. The van der Waals surface area contributed by atoms with Gasteiger partial charge in [0.25, 0.3) is 5.56 Å². The summed E-state index contributed by atoms with van der Waals surface area (Å²) in [4.78, 5) is 99.4. The Labute approximate surface area is 736 Å². The van der Waals surface area contributed by atoms with E-state index in [1.165, 1.54) is 60.2 Å². The summed E-state index contributed by atoms with van der Waals surface area (Å²) in [5, 5.41) is 44.7. The number of aryl methyl sites for hydroxylation is 1. The zero-order valence-electron chi connectivity index (χ0n) is 66.1. The first kappa shape index (κ1) is 97.1. The third-order valence-electron chi connectivity index (χ3n) is 16.4. The topological polar surface area (TPSA) is 392 Å². The second kappa shape index (κ2) is 51.5. The fourth-order valence-electron chi connectivity index (χ4n) is 9.58. The van der Waals surface area contributed by atoms with Gasteiger partial charge in [-0.25, -0.2) is 9.97 Å². The van der Waals surface area contributed by atoms with E-state index < -0.39 is 13.6 Å². The number of nitrogens with one attached hydrogen (secondary N) is 1. The largest absolute Gasteiger partial charge is 0.477 e. The van der Waals surface area contributed by atoms with Gasteiger partial charge in [0.1, 0.15) is 72.8 Å². The summed E-state index contributed by atoms with van der Waals surface area (Å²) >= 11 is 29.3. The molecule has 0 bridgehead atoms. The van der Waals surface area contributed by atoms with Gasteiger partial charge in [-0.05, 0) is 163 Å². The van der Waals surface area contributed by atoms with E-state index in [-0.39, 0.29) is 59.9 Å². The number of ether oxygens (including phenoxy) is 6. The molecule has 121 heavy (non-hydrogen) atoms. The van der Waals surface area contributed by atoms with Gasteiger partial charge in [0.2, 0.25) is 35.3 Å². The first-order valence-corrected chi connectivity index (χ1v) is 43.0. The average Bonchev–Trinajstić information content (AvgIpc) is 0.855. The molecule has 0 aliphatic carbocycles. The highest BCUT2D eigenvalue weighted by Gasteiger charge is 2.17. The van der Waals surface area contributed by atoms with Gasteiger partial charge in [0, 0.05) is 101 Å². The van der Waals surface area contributed by atoms with E-state index >= 15 is 0 Å². The van der Waals surface area contributed by atoms with E-state index in [4.69, 9.17) is 101 Å². The molecule has 0 spiro atoms. The molecule has 9 heterocycles. The molecule has 0 saturated carbocycles. The van der Waals surface area contributed by atoms with Gasteiger partial charge >= 0.3 is 0 Å². The van der Waals surface area contributed by atoms with E-state index in [9.17, 15) is 28.8 Å². The molecule has 0 saturated heterocycles. The number of aliphatic hydroxyl groups excluding tert-OH is 1. The molecular formula is C88H77Br2Cl4N13O13Si. The molecule has 12 rings (SSSR count). The zero-order chi connectivity index (χ0) is 88.2. The van der Waals surface area contributed by atoms with Gasteiger partial charge in [0.05, 0.1) is 63.3 Å². The van der Waals surface area contributed by atoms with Crippen molar-refractivity contribution in [3.63, 3.8) is 0 Å². The lowest BCUT2D eigenvalue weighted by Gasteiger charge is -2.16. The molecule has 618 valence electrons. The fraction of sp³-hybridized carbons (Fsp3) is 0.182. The number of aldehydes is 5. The van der Waals surface area contributed by atoms with Crippen LogP contribution < -0.4 is 34.0 Å². The molecule has 0 amide bonds. The number of benzene rings is 3. The lowest BCUT2D eigenvalue weighted by atomic mass is 10.0. The molecular weight excluding hydrogens is 1780 g/mol. The Kier molecular flexibility index (Phi) is 41.3. The van der Waals surface area contributed by atoms with Gasteiger partial charge < -0.3 is 38.5 Å². The zero-order valence-corrected chi connectivity index (χ0v) is 73.3. The monoisotopic (exact) mass is 1850 g/mol. The smallest absolute Gasteiger partial charge is 0.259 e. The standard InChI is InChI=1S/C22H19N3O3.C21H16BrN3O3.C13H8ClN3O2.C11H16ClNO2Si.C8H9BrO.C7H5ClN2.C6H4ClNO2/c1-15-4-3-5-20(16(15)2)14-27-21-7-6-19(12-26)22(25-21)28-13-18-8-17(9-23)10-24-11-18;1-14-18(3-2-4-19(14)22)13-27-20-6-5-17(11-26)21(25-20)28-12-16-7-15(8-23)9-24-10-16;14-12-2-1-11(7-18)13(17-12)19-8-10-3-9(4-15)5-16-6-10;1-16(2,3)7-6-15-11-9(8-14)4-5-10(12)13-11;1-6-7(5-10)3-2-4-8(6)9;8-2-6-1-7(3-9)5-10-4-6;7-5-2-1-4(3-9)6(10)8-5/h3-8,10-12H,13-14H2,1-2H3;2-7,9-11H,12-13H2,1H3;1-3,5-7H,8H2;4-5,8H,6-7H2,1-3H3;2-4,10H,5H2,1H3;1,4-5H,2H2;1-3H,(H,8,10).